The predicted octanol–water partition coefficient (Wildman–Crippen LogP) is 2.30. The van der Waals surface area contributed by atoms with Crippen LogP contribution in [0.25, 0.3) is 0 Å². The van der Waals surface area contributed by atoms with Crippen LogP contribution in [0.5, 0.6) is 0 Å². The predicted molar refractivity (Wildman–Crippen MR) is 81.4 cm³/mol. The number of nitrogens with one attached hydrogen (secondary N) is 2. The Balaban J connectivity index is 2.14. The summed E-state index contributed by atoms with van der Waals surface area (Å²) in [5.41, 5.74) is 0. The van der Waals surface area contributed by atoms with Gasteiger partial charge in [-0.15, -0.1) is 10.2 Å². The number of anilines is 1. The van der Waals surface area contributed by atoms with Gasteiger partial charge >= 0.3 is 0 Å². The van der Waals surface area contributed by atoms with E-state index >= 15 is 0 Å². The molecule has 1 aromatic rings. The minimum atomic E-state index is -0.166. The second kappa shape index (κ2) is 10.6. The molecule has 20 heavy (non-hydrogen) atoms. The van der Waals surface area contributed by atoms with Crippen molar-refractivity contribution in [2.45, 2.75) is 39.5 Å². The van der Waals surface area contributed by atoms with Crippen LogP contribution in [0, 0.1) is 0 Å². The third kappa shape index (κ3) is 6.81. The number of aromatic nitrogens is 2. The van der Waals surface area contributed by atoms with Gasteiger partial charge in [-0.3, -0.25) is 4.79 Å². The molecule has 0 aromatic carbocycles. The number of hydrogen-bond donors (Lipinski definition) is 2. The SMILES string of the molecule is CCCCOCCCNC(=O)c1nnc(NCCC)s1. The third-order valence-electron chi connectivity index (χ3n) is 2.54. The molecule has 114 valence electrons. The van der Waals surface area contributed by atoms with Crippen LogP contribution in [0.4, 0.5) is 5.13 Å². The fourth-order valence-corrected chi connectivity index (χ4v) is 2.10. The Morgan fingerprint density at radius 2 is 1.95 bits per heavy atom. The molecule has 0 aliphatic carbocycles. The van der Waals surface area contributed by atoms with Crippen LogP contribution in [-0.4, -0.2) is 42.4 Å². The first-order valence-corrected chi connectivity index (χ1v) is 8.02. The zero-order valence-electron chi connectivity index (χ0n) is 12.3. The molecule has 6 nitrogen and oxygen atoms in total. The monoisotopic (exact) mass is 300 g/mol. The standard InChI is InChI=1S/C13H24N4O2S/c1-3-5-9-19-10-6-8-14-11(18)12-16-17-13(20-12)15-7-4-2/h3-10H2,1-2H3,(H,14,18)(H,15,17). The molecule has 0 unspecified atom stereocenters. The van der Waals surface area contributed by atoms with Crippen LogP contribution in [0.1, 0.15) is 49.3 Å². The molecule has 0 radical (unpaired) electrons. The van der Waals surface area contributed by atoms with Crippen molar-refractivity contribution in [3.05, 3.63) is 5.01 Å². The number of unbranched alkanes of at least 4 members (excludes halogenated alkanes) is 1. The average Bonchev–Trinajstić information content (AvgIpc) is 2.93. The van der Waals surface area contributed by atoms with Gasteiger partial charge in [0.05, 0.1) is 0 Å². The van der Waals surface area contributed by atoms with E-state index < -0.39 is 0 Å². The summed E-state index contributed by atoms with van der Waals surface area (Å²) in [6.07, 6.45) is 4.06. The smallest absolute Gasteiger partial charge is 0.282 e. The van der Waals surface area contributed by atoms with Crippen molar-refractivity contribution in [2.24, 2.45) is 0 Å². The Hall–Kier alpha value is -1.21. The molecule has 1 heterocycles. The van der Waals surface area contributed by atoms with Gasteiger partial charge in [-0.05, 0) is 19.3 Å². The fourth-order valence-electron chi connectivity index (χ4n) is 1.42. The van der Waals surface area contributed by atoms with Gasteiger partial charge in [0.25, 0.3) is 5.91 Å². The molecule has 0 spiro atoms. The Bertz CT molecular complexity index is 384. The second-order valence-electron chi connectivity index (χ2n) is 4.41. The quantitative estimate of drug-likeness (QED) is 0.613. The van der Waals surface area contributed by atoms with Crippen molar-refractivity contribution >= 4 is 22.4 Å². The molecular weight excluding hydrogens is 276 g/mol. The number of ether oxygens (including phenoxy) is 1. The molecule has 0 aliphatic rings. The zero-order chi connectivity index (χ0) is 14.6. The lowest BCUT2D eigenvalue weighted by molar-refractivity contribution is 0.0939. The van der Waals surface area contributed by atoms with Crippen molar-refractivity contribution in [3.63, 3.8) is 0 Å². The van der Waals surface area contributed by atoms with Gasteiger partial charge in [0.2, 0.25) is 10.1 Å². The van der Waals surface area contributed by atoms with Gasteiger partial charge in [0.1, 0.15) is 0 Å². The zero-order valence-corrected chi connectivity index (χ0v) is 13.1. The van der Waals surface area contributed by atoms with Crippen molar-refractivity contribution in [1.29, 1.82) is 0 Å². The second-order valence-corrected chi connectivity index (χ2v) is 5.39. The highest BCUT2D eigenvalue weighted by molar-refractivity contribution is 7.17. The van der Waals surface area contributed by atoms with E-state index in [1.807, 2.05) is 0 Å². The van der Waals surface area contributed by atoms with E-state index in [4.69, 9.17) is 4.74 Å². The summed E-state index contributed by atoms with van der Waals surface area (Å²) in [6, 6.07) is 0. The van der Waals surface area contributed by atoms with Crippen LogP contribution >= 0.6 is 11.3 Å². The van der Waals surface area contributed by atoms with Crippen LogP contribution in [-0.2, 0) is 4.74 Å². The highest BCUT2D eigenvalue weighted by Crippen LogP contribution is 2.14. The Morgan fingerprint density at radius 3 is 2.70 bits per heavy atom. The number of rotatable bonds is 11. The van der Waals surface area contributed by atoms with Crippen LogP contribution in [0.15, 0.2) is 0 Å². The summed E-state index contributed by atoms with van der Waals surface area (Å²) in [7, 11) is 0. The highest BCUT2D eigenvalue weighted by atomic mass is 32.1. The van der Waals surface area contributed by atoms with Gasteiger partial charge in [-0.2, -0.15) is 0 Å². The summed E-state index contributed by atoms with van der Waals surface area (Å²) in [4.78, 5) is 11.8. The Morgan fingerprint density at radius 1 is 1.15 bits per heavy atom. The normalized spacial score (nSPS) is 10.5. The molecule has 0 atom stereocenters. The van der Waals surface area contributed by atoms with E-state index in [1.54, 1.807) is 0 Å². The van der Waals surface area contributed by atoms with Crippen LogP contribution in [0.2, 0.25) is 0 Å². The number of carbonyl (C=O) groups is 1. The van der Waals surface area contributed by atoms with E-state index in [1.165, 1.54) is 11.3 Å². The first kappa shape index (κ1) is 16.8. The minimum absolute atomic E-state index is 0.166. The van der Waals surface area contributed by atoms with Gasteiger partial charge in [-0.25, -0.2) is 0 Å². The van der Waals surface area contributed by atoms with E-state index in [9.17, 15) is 4.79 Å². The lowest BCUT2D eigenvalue weighted by Crippen LogP contribution is -2.25. The lowest BCUT2D eigenvalue weighted by atomic mass is 10.3. The third-order valence-corrected chi connectivity index (χ3v) is 3.42. The molecule has 7 heteroatoms. The molecule has 2 N–H and O–H groups in total. The van der Waals surface area contributed by atoms with E-state index in [0.29, 0.717) is 23.3 Å². The number of carbonyl (C=O) groups excluding carboxylic acids is 1. The largest absolute Gasteiger partial charge is 0.381 e. The molecule has 1 rings (SSSR count). The maximum Gasteiger partial charge on any atom is 0.282 e. The molecule has 0 bridgehead atoms. The Kier molecular flexibility index (Phi) is 8.90. The van der Waals surface area contributed by atoms with Crippen molar-refractivity contribution in [3.8, 4) is 0 Å². The van der Waals surface area contributed by atoms with Gasteiger partial charge in [0, 0.05) is 26.3 Å². The van der Waals surface area contributed by atoms with Crippen LogP contribution < -0.4 is 10.6 Å². The average molecular weight is 300 g/mol. The number of nitrogens with zero attached hydrogens (tertiary/aromatic N) is 2. The van der Waals surface area contributed by atoms with Crippen LogP contribution in [0.3, 0.4) is 0 Å². The topological polar surface area (TPSA) is 76.1 Å². The lowest BCUT2D eigenvalue weighted by Gasteiger charge is -2.04. The highest BCUT2D eigenvalue weighted by Gasteiger charge is 2.11. The first-order chi connectivity index (χ1) is 9.77. The van der Waals surface area contributed by atoms with Crippen molar-refractivity contribution in [2.75, 3.05) is 31.6 Å². The summed E-state index contributed by atoms with van der Waals surface area (Å²) >= 11 is 1.28. The minimum Gasteiger partial charge on any atom is -0.381 e. The van der Waals surface area contributed by atoms with Gasteiger partial charge in [0.15, 0.2) is 0 Å². The number of amides is 1. The summed E-state index contributed by atoms with van der Waals surface area (Å²) in [6.45, 7) is 7.13. The molecule has 0 saturated carbocycles. The summed E-state index contributed by atoms with van der Waals surface area (Å²) < 4.78 is 5.42. The Labute approximate surface area is 124 Å². The molecule has 0 aliphatic heterocycles. The summed E-state index contributed by atoms with van der Waals surface area (Å²) in [5.74, 6) is -0.166. The molecular formula is C13H24N4O2S. The molecule has 0 fully saturated rings. The molecule has 0 saturated heterocycles. The van der Waals surface area contributed by atoms with Crippen molar-refractivity contribution < 1.29 is 9.53 Å². The van der Waals surface area contributed by atoms with E-state index in [2.05, 4.69) is 34.7 Å². The fraction of sp³-hybridized carbons (Fsp3) is 0.769. The number of hydrogen-bond acceptors (Lipinski definition) is 6. The maximum atomic E-state index is 11.8. The van der Waals surface area contributed by atoms with E-state index in [0.717, 1.165) is 38.8 Å². The van der Waals surface area contributed by atoms with Gasteiger partial charge in [-0.1, -0.05) is 31.6 Å². The molecule has 1 amide bonds. The van der Waals surface area contributed by atoms with Crippen molar-refractivity contribution in [1.82, 2.24) is 15.5 Å². The van der Waals surface area contributed by atoms with E-state index in [-0.39, 0.29) is 5.91 Å². The van der Waals surface area contributed by atoms with Gasteiger partial charge < -0.3 is 15.4 Å². The maximum absolute atomic E-state index is 11.8. The summed E-state index contributed by atoms with van der Waals surface area (Å²) in [5, 5.41) is 14.8. The molecule has 1 aromatic heterocycles. The first-order valence-electron chi connectivity index (χ1n) is 7.21.